The van der Waals surface area contributed by atoms with Gasteiger partial charge in [-0.25, -0.2) is 0 Å². The Bertz CT molecular complexity index is 479. The van der Waals surface area contributed by atoms with E-state index in [9.17, 15) is 5.11 Å². The molecule has 1 fully saturated rings. The highest BCUT2D eigenvalue weighted by Crippen LogP contribution is 2.19. The number of hydrogen-bond donors (Lipinski definition) is 2. The molecule has 1 aliphatic heterocycles. The Morgan fingerprint density at radius 2 is 1.83 bits per heavy atom. The zero-order valence-corrected chi connectivity index (χ0v) is 15.0. The van der Waals surface area contributed by atoms with Crippen molar-refractivity contribution in [2.45, 2.75) is 12.5 Å². The third-order valence-electron chi connectivity index (χ3n) is 4.12. The normalized spacial score (nSPS) is 17.1. The van der Waals surface area contributed by atoms with Crippen LogP contribution in [0.15, 0.2) is 36.9 Å². The molecule has 1 saturated heterocycles. The van der Waals surface area contributed by atoms with E-state index in [2.05, 4.69) is 16.4 Å². The lowest BCUT2D eigenvalue weighted by molar-refractivity contribution is 0.0427. The second kappa shape index (κ2) is 11.4. The van der Waals surface area contributed by atoms with Gasteiger partial charge in [0.05, 0.1) is 6.61 Å². The monoisotopic (exact) mass is 356 g/mol. The number of allylic oxidation sites excluding steroid dienone is 1. The van der Waals surface area contributed by atoms with Crippen molar-refractivity contribution in [1.82, 2.24) is 9.80 Å². The Kier molecular flexibility index (Phi) is 9.98. The molecule has 1 unspecified atom stereocenters. The van der Waals surface area contributed by atoms with Gasteiger partial charge in [0, 0.05) is 39.3 Å². The Labute approximate surface area is 150 Å². The molecule has 0 amide bonds. The highest BCUT2D eigenvalue weighted by atomic mass is 35.5. The van der Waals surface area contributed by atoms with Gasteiger partial charge in [-0.15, -0.1) is 19.0 Å². The lowest BCUT2D eigenvalue weighted by Gasteiger charge is -2.35. The number of aliphatic hydroxyl groups is 2. The summed E-state index contributed by atoms with van der Waals surface area (Å²) in [5.41, 5.74) is 1.09. The first-order chi connectivity index (χ1) is 11.2. The number of aliphatic hydroxyl groups excluding tert-OH is 2. The van der Waals surface area contributed by atoms with Gasteiger partial charge in [0.25, 0.3) is 0 Å². The summed E-state index contributed by atoms with van der Waals surface area (Å²) < 4.78 is 5.78. The summed E-state index contributed by atoms with van der Waals surface area (Å²) in [6.07, 6.45) is 2.11. The lowest BCUT2D eigenvalue weighted by atomic mass is 10.1. The third-order valence-corrected chi connectivity index (χ3v) is 4.12. The van der Waals surface area contributed by atoms with Crippen LogP contribution in [-0.2, 0) is 6.42 Å². The summed E-state index contributed by atoms with van der Waals surface area (Å²) in [5, 5.41) is 19.2. The molecule has 0 bridgehead atoms. The summed E-state index contributed by atoms with van der Waals surface area (Å²) in [7, 11) is 0. The molecule has 5 nitrogen and oxygen atoms in total. The molecule has 6 heteroatoms. The van der Waals surface area contributed by atoms with Crippen molar-refractivity contribution in [2.75, 3.05) is 52.5 Å². The van der Waals surface area contributed by atoms with Crippen molar-refractivity contribution < 1.29 is 14.9 Å². The van der Waals surface area contributed by atoms with E-state index in [4.69, 9.17) is 9.84 Å². The van der Waals surface area contributed by atoms with E-state index in [1.165, 1.54) is 0 Å². The molecule has 1 heterocycles. The summed E-state index contributed by atoms with van der Waals surface area (Å²) in [6.45, 7) is 9.34. The first-order valence-electron chi connectivity index (χ1n) is 8.28. The summed E-state index contributed by atoms with van der Waals surface area (Å²) in [4.78, 5) is 4.49. The molecule has 0 aliphatic carbocycles. The average Bonchev–Trinajstić information content (AvgIpc) is 2.56. The highest BCUT2D eigenvalue weighted by molar-refractivity contribution is 5.85. The van der Waals surface area contributed by atoms with Crippen molar-refractivity contribution in [3.8, 4) is 5.75 Å². The first kappa shape index (κ1) is 20.9. The van der Waals surface area contributed by atoms with E-state index >= 15 is 0 Å². The number of hydrogen-bond acceptors (Lipinski definition) is 5. The second-order valence-corrected chi connectivity index (χ2v) is 5.93. The van der Waals surface area contributed by atoms with Gasteiger partial charge in [-0.3, -0.25) is 9.80 Å². The molecule has 1 aromatic rings. The van der Waals surface area contributed by atoms with Gasteiger partial charge in [0.1, 0.15) is 18.5 Å². The maximum atomic E-state index is 10.2. The summed E-state index contributed by atoms with van der Waals surface area (Å²) in [6, 6.07) is 7.87. The lowest BCUT2D eigenvalue weighted by Crippen LogP contribution is -2.49. The predicted molar refractivity (Wildman–Crippen MR) is 99.1 cm³/mol. The van der Waals surface area contributed by atoms with Crippen LogP contribution in [0.4, 0.5) is 0 Å². The maximum Gasteiger partial charge on any atom is 0.122 e. The van der Waals surface area contributed by atoms with Crippen LogP contribution in [0.2, 0.25) is 0 Å². The number of β-amino-alcohol motifs (C(OH)–C–C–N with tert-alkyl or cyclic N) is 2. The van der Waals surface area contributed by atoms with Crippen molar-refractivity contribution in [1.29, 1.82) is 0 Å². The Morgan fingerprint density at radius 1 is 1.17 bits per heavy atom. The molecule has 0 radical (unpaired) electrons. The van der Waals surface area contributed by atoms with Gasteiger partial charge >= 0.3 is 0 Å². The van der Waals surface area contributed by atoms with Crippen LogP contribution >= 0.6 is 12.4 Å². The average molecular weight is 357 g/mol. The van der Waals surface area contributed by atoms with Crippen LogP contribution in [0.3, 0.4) is 0 Å². The van der Waals surface area contributed by atoms with Crippen LogP contribution in [-0.4, -0.2) is 78.6 Å². The summed E-state index contributed by atoms with van der Waals surface area (Å²) >= 11 is 0. The van der Waals surface area contributed by atoms with E-state index in [1.807, 2.05) is 30.3 Å². The Balaban J connectivity index is 0.00000288. The number of benzene rings is 1. The molecule has 0 aromatic heterocycles. The molecule has 1 atom stereocenters. The van der Waals surface area contributed by atoms with Crippen LogP contribution < -0.4 is 4.74 Å². The maximum absolute atomic E-state index is 10.2. The smallest absolute Gasteiger partial charge is 0.122 e. The molecular weight excluding hydrogens is 328 g/mol. The van der Waals surface area contributed by atoms with E-state index in [0.29, 0.717) is 13.2 Å². The van der Waals surface area contributed by atoms with Gasteiger partial charge in [-0.2, -0.15) is 0 Å². The molecule has 1 aromatic carbocycles. The minimum Gasteiger partial charge on any atom is -0.491 e. The fourth-order valence-corrected chi connectivity index (χ4v) is 2.84. The SMILES string of the molecule is C=CCc1ccccc1OCC(O)CN1CCN(CCO)CC1.Cl. The van der Waals surface area contributed by atoms with Crippen LogP contribution in [0.1, 0.15) is 5.56 Å². The Morgan fingerprint density at radius 3 is 2.50 bits per heavy atom. The standard InChI is InChI=1S/C18H28N2O3.ClH/c1-2-5-16-6-3-4-7-18(16)23-15-17(22)14-20-10-8-19(9-11-20)12-13-21;/h2-4,6-7,17,21-22H,1,5,8-15H2;1H. The largest absolute Gasteiger partial charge is 0.491 e. The van der Waals surface area contributed by atoms with Gasteiger partial charge in [-0.1, -0.05) is 24.3 Å². The van der Waals surface area contributed by atoms with Gasteiger partial charge in [0.15, 0.2) is 0 Å². The molecule has 2 rings (SSSR count). The number of ether oxygens (including phenoxy) is 1. The van der Waals surface area contributed by atoms with Crippen LogP contribution in [0.5, 0.6) is 5.75 Å². The fraction of sp³-hybridized carbons (Fsp3) is 0.556. The zero-order valence-electron chi connectivity index (χ0n) is 14.1. The third kappa shape index (κ3) is 6.79. The number of rotatable bonds is 9. The van der Waals surface area contributed by atoms with Gasteiger partial charge in [-0.05, 0) is 18.1 Å². The van der Waals surface area contributed by atoms with E-state index in [1.54, 1.807) is 0 Å². The van der Waals surface area contributed by atoms with Crippen LogP contribution in [0.25, 0.3) is 0 Å². The van der Waals surface area contributed by atoms with Crippen molar-refractivity contribution in [3.63, 3.8) is 0 Å². The predicted octanol–water partition coefficient (Wildman–Crippen LogP) is 1.19. The molecular formula is C18H29ClN2O3. The van der Waals surface area contributed by atoms with Crippen LogP contribution in [0, 0.1) is 0 Å². The van der Waals surface area contributed by atoms with Gasteiger partial charge < -0.3 is 14.9 Å². The second-order valence-electron chi connectivity index (χ2n) is 5.93. The highest BCUT2D eigenvalue weighted by Gasteiger charge is 2.19. The van der Waals surface area contributed by atoms with E-state index in [0.717, 1.165) is 50.5 Å². The summed E-state index contributed by atoms with van der Waals surface area (Å²) in [5.74, 6) is 0.819. The number of halogens is 1. The molecule has 24 heavy (non-hydrogen) atoms. The zero-order chi connectivity index (χ0) is 16.5. The Hall–Kier alpha value is -1.11. The molecule has 2 N–H and O–H groups in total. The quantitative estimate of drug-likeness (QED) is 0.651. The fourth-order valence-electron chi connectivity index (χ4n) is 2.84. The molecule has 136 valence electrons. The number of para-hydroxylation sites is 1. The first-order valence-corrected chi connectivity index (χ1v) is 8.28. The number of nitrogens with zero attached hydrogens (tertiary/aromatic N) is 2. The molecule has 0 saturated carbocycles. The minimum absolute atomic E-state index is 0. The van der Waals surface area contributed by atoms with Gasteiger partial charge in [0.2, 0.25) is 0 Å². The molecule has 0 spiro atoms. The number of piperazine rings is 1. The van der Waals surface area contributed by atoms with E-state index < -0.39 is 6.10 Å². The topological polar surface area (TPSA) is 56.2 Å². The van der Waals surface area contributed by atoms with E-state index in [-0.39, 0.29) is 19.0 Å². The van der Waals surface area contributed by atoms with Crippen molar-refractivity contribution in [3.05, 3.63) is 42.5 Å². The van der Waals surface area contributed by atoms with Crippen molar-refractivity contribution in [2.24, 2.45) is 0 Å². The minimum atomic E-state index is -0.504. The van der Waals surface area contributed by atoms with Crippen molar-refractivity contribution >= 4 is 12.4 Å². The molecule has 1 aliphatic rings.